The van der Waals surface area contributed by atoms with Crippen LogP contribution in [-0.2, 0) is 6.42 Å². The highest BCUT2D eigenvalue weighted by Gasteiger charge is 2.17. The Morgan fingerprint density at radius 3 is 2.75 bits per heavy atom. The van der Waals surface area contributed by atoms with Gasteiger partial charge in [0.2, 0.25) is 0 Å². The van der Waals surface area contributed by atoms with Crippen molar-refractivity contribution in [1.29, 1.82) is 0 Å². The normalized spacial score (nSPS) is 12.4. The third-order valence-corrected chi connectivity index (χ3v) is 3.72. The van der Waals surface area contributed by atoms with Crippen LogP contribution >= 0.6 is 15.9 Å². The van der Waals surface area contributed by atoms with Gasteiger partial charge in [0, 0.05) is 34.4 Å². The average molecular weight is 337 g/mol. The second-order valence-corrected chi connectivity index (χ2v) is 5.68. The van der Waals surface area contributed by atoms with Crippen LogP contribution in [0.4, 0.5) is 4.39 Å². The van der Waals surface area contributed by atoms with Crippen LogP contribution < -0.4 is 5.32 Å². The predicted molar refractivity (Wildman–Crippen MR) is 83.2 cm³/mol. The first kappa shape index (κ1) is 15.1. The second kappa shape index (κ2) is 6.95. The van der Waals surface area contributed by atoms with E-state index in [1.54, 1.807) is 19.2 Å². The number of hydrogen-bond acceptors (Lipinski definition) is 2. The molecule has 0 fully saturated rings. The van der Waals surface area contributed by atoms with Gasteiger partial charge in [-0.15, -0.1) is 0 Å². The van der Waals surface area contributed by atoms with Gasteiger partial charge >= 0.3 is 0 Å². The van der Waals surface area contributed by atoms with Crippen molar-refractivity contribution in [2.45, 2.75) is 26.3 Å². The van der Waals surface area contributed by atoms with Crippen molar-refractivity contribution in [2.75, 3.05) is 6.54 Å². The quantitative estimate of drug-likeness (QED) is 0.885. The molecular formula is C16H18BrFN2. The van der Waals surface area contributed by atoms with Crippen LogP contribution in [0.15, 0.2) is 41.0 Å². The van der Waals surface area contributed by atoms with Crippen molar-refractivity contribution in [3.8, 4) is 0 Å². The molecule has 1 aromatic carbocycles. The third kappa shape index (κ3) is 3.64. The number of nitrogens with zero attached hydrogens (tertiary/aromatic N) is 1. The van der Waals surface area contributed by atoms with Crippen LogP contribution in [0.5, 0.6) is 0 Å². The maximum atomic E-state index is 14.3. The average Bonchev–Trinajstić information content (AvgIpc) is 2.44. The number of nitrogens with one attached hydrogen (secondary N) is 1. The van der Waals surface area contributed by atoms with Crippen LogP contribution in [0.25, 0.3) is 0 Å². The van der Waals surface area contributed by atoms with Crippen LogP contribution in [0.3, 0.4) is 0 Å². The van der Waals surface area contributed by atoms with Crippen molar-refractivity contribution < 1.29 is 4.39 Å². The zero-order valence-corrected chi connectivity index (χ0v) is 13.2. The summed E-state index contributed by atoms with van der Waals surface area (Å²) in [5, 5.41) is 3.34. The minimum absolute atomic E-state index is 0.0615. The first-order valence-corrected chi connectivity index (χ1v) is 7.50. The number of aromatic nitrogens is 1. The van der Waals surface area contributed by atoms with Gasteiger partial charge in [0.05, 0.1) is 0 Å². The molecule has 2 aromatic rings. The molecule has 1 unspecified atom stereocenters. The molecule has 1 aromatic heterocycles. The molecule has 4 heteroatoms. The number of benzene rings is 1. The number of hydrogen-bond donors (Lipinski definition) is 1. The van der Waals surface area contributed by atoms with E-state index in [-0.39, 0.29) is 11.9 Å². The molecule has 2 rings (SSSR count). The molecule has 0 aliphatic carbocycles. The molecule has 1 heterocycles. The van der Waals surface area contributed by atoms with Gasteiger partial charge in [0.15, 0.2) is 0 Å². The number of pyridine rings is 1. The predicted octanol–water partition coefficient (Wildman–Crippen LogP) is 4.18. The molecule has 2 nitrogen and oxygen atoms in total. The van der Waals surface area contributed by atoms with E-state index in [0.717, 1.165) is 16.7 Å². The number of halogens is 2. The molecule has 0 saturated carbocycles. The van der Waals surface area contributed by atoms with Gasteiger partial charge in [-0.2, -0.15) is 0 Å². The van der Waals surface area contributed by atoms with Crippen molar-refractivity contribution in [1.82, 2.24) is 10.3 Å². The monoisotopic (exact) mass is 336 g/mol. The highest BCUT2D eigenvalue weighted by atomic mass is 79.9. The van der Waals surface area contributed by atoms with Gasteiger partial charge in [-0.1, -0.05) is 25.1 Å². The number of likely N-dealkylation sites (N-methyl/N-ethyl adjacent to an activating group) is 1. The Morgan fingerprint density at radius 1 is 1.30 bits per heavy atom. The molecule has 1 N–H and O–H groups in total. The molecule has 20 heavy (non-hydrogen) atoms. The van der Waals surface area contributed by atoms with Gasteiger partial charge in [0.1, 0.15) is 5.82 Å². The largest absolute Gasteiger partial charge is 0.310 e. The lowest BCUT2D eigenvalue weighted by molar-refractivity contribution is 0.503. The first-order chi connectivity index (χ1) is 9.61. The SMILES string of the molecule is CCNC(Cc1ccc(Br)cn1)c1cccc(C)c1F. The van der Waals surface area contributed by atoms with E-state index in [1.165, 1.54) is 0 Å². The van der Waals surface area contributed by atoms with E-state index >= 15 is 0 Å². The molecule has 0 amide bonds. The topological polar surface area (TPSA) is 24.9 Å². The van der Waals surface area contributed by atoms with Gasteiger partial charge in [0.25, 0.3) is 0 Å². The Hall–Kier alpha value is -1.26. The van der Waals surface area contributed by atoms with Crippen molar-refractivity contribution in [3.63, 3.8) is 0 Å². The lowest BCUT2D eigenvalue weighted by Crippen LogP contribution is -2.24. The summed E-state index contributed by atoms with van der Waals surface area (Å²) in [6.45, 7) is 4.60. The summed E-state index contributed by atoms with van der Waals surface area (Å²) in [6.07, 6.45) is 2.44. The van der Waals surface area contributed by atoms with Crippen LogP contribution in [0, 0.1) is 12.7 Å². The van der Waals surface area contributed by atoms with E-state index in [4.69, 9.17) is 0 Å². The molecule has 0 aliphatic rings. The van der Waals surface area contributed by atoms with Crippen molar-refractivity contribution in [3.05, 3.63) is 63.6 Å². The summed E-state index contributed by atoms with van der Waals surface area (Å²) in [6, 6.07) is 9.38. The molecule has 0 aliphatic heterocycles. The fourth-order valence-corrected chi connectivity index (χ4v) is 2.45. The summed E-state index contributed by atoms with van der Waals surface area (Å²) >= 11 is 3.37. The highest BCUT2D eigenvalue weighted by Crippen LogP contribution is 2.23. The Balaban J connectivity index is 2.26. The minimum atomic E-state index is -0.129. The van der Waals surface area contributed by atoms with Gasteiger partial charge in [-0.25, -0.2) is 4.39 Å². The van der Waals surface area contributed by atoms with Crippen LogP contribution in [0.1, 0.15) is 29.8 Å². The van der Waals surface area contributed by atoms with Crippen LogP contribution in [-0.4, -0.2) is 11.5 Å². The van der Waals surface area contributed by atoms with Gasteiger partial charge < -0.3 is 5.32 Å². The van der Waals surface area contributed by atoms with E-state index in [2.05, 4.69) is 26.2 Å². The molecule has 1 atom stereocenters. The summed E-state index contributed by atoms with van der Waals surface area (Å²) < 4.78 is 15.2. The fourth-order valence-electron chi connectivity index (χ4n) is 2.21. The van der Waals surface area contributed by atoms with Crippen LogP contribution in [0.2, 0.25) is 0 Å². The van der Waals surface area contributed by atoms with Crippen molar-refractivity contribution in [2.24, 2.45) is 0 Å². The summed E-state index contributed by atoms with van der Waals surface area (Å²) in [4.78, 5) is 4.37. The first-order valence-electron chi connectivity index (χ1n) is 6.70. The smallest absolute Gasteiger partial charge is 0.130 e. The third-order valence-electron chi connectivity index (χ3n) is 3.25. The Morgan fingerprint density at radius 2 is 2.10 bits per heavy atom. The van der Waals surface area contributed by atoms with E-state index in [1.807, 2.05) is 31.2 Å². The minimum Gasteiger partial charge on any atom is -0.310 e. The van der Waals surface area contributed by atoms with E-state index in [9.17, 15) is 4.39 Å². The lowest BCUT2D eigenvalue weighted by Gasteiger charge is -2.19. The Kier molecular flexibility index (Phi) is 5.26. The summed E-state index contributed by atoms with van der Waals surface area (Å²) in [5.41, 5.74) is 2.32. The molecule has 0 spiro atoms. The van der Waals surface area contributed by atoms with Gasteiger partial charge in [-0.3, -0.25) is 4.98 Å². The fraction of sp³-hybridized carbons (Fsp3) is 0.312. The van der Waals surface area contributed by atoms with Gasteiger partial charge in [-0.05, 0) is 47.1 Å². The zero-order valence-electron chi connectivity index (χ0n) is 11.7. The standard InChI is InChI=1S/C16H18BrFN2/c1-3-19-15(9-13-8-7-12(17)10-20-13)14-6-4-5-11(2)16(14)18/h4-8,10,15,19H,3,9H2,1-2H3. The van der Waals surface area contributed by atoms with Crippen molar-refractivity contribution >= 4 is 15.9 Å². The Bertz CT molecular complexity index is 569. The van der Waals surface area contributed by atoms with E-state index < -0.39 is 0 Å². The maximum absolute atomic E-state index is 14.3. The summed E-state index contributed by atoms with van der Waals surface area (Å²) in [5.74, 6) is -0.129. The molecule has 106 valence electrons. The molecular weight excluding hydrogens is 319 g/mol. The molecule has 0 bridgehead atoms. The molecule has 0 saturated heterocycles. The molecule has 0 radical (unpaired) electrons. The van der Waals surface area contributed by atoms with E-state index in [0.29, 0.717) is 17.5 Å². The number of aryl methyl sites for hydroxylation is 1. The zero-order chi connectivity index (χ0) is 14.5. The number of rotatable bonds is 5. The summed E-state index contributed by atoms with van der Waals surface area (Å²) in [7, 11) is 0. The highest BCUT2D eigenvalue weighted by molar-refractivity contribution is 9.10. The second-order valence-electron chi connectivity index (χ2n) is 4.76. The maximum Gasteiger partial charge on any atom is 0.130 e. The lowest BCUT2D eigenvalue weighted by atomic mass is 9.99. The Labute approximate surface area is 127 Å².